The highest BCUT2D eigenvalue weighted by Crippen LogP contribution is 2.28. The van der Waals surface area contributed by atoms with Crippen LogP contribution in [-0.2, 0) is 17.7 Å². The van der Waals surface area contributed by atoms with Gasteiger partial charge in [-0.25, -0.2) is 9.97 Å². The zero-order valence-electron chi connectivity index (χ0n) is 15.3. The first kappa shape index (κ1) is 17.6. The zero-order valence-corrected chi connectivity index (χ0v) is 15.3. The summed E-state index contributed by atoms with van der Waals surface area (Å²) in [6.45, 7) is 7.89. The second kappa shape index (κ2) is 7.78. The van der Waals surface area contributed by atoms with Crippen molar-refractivity contribution in [3.8, 4) is 0 Å². The Morgan fingerprint density at radius 3 is 2.80 bits per heavy atom. The molecule has 0 bridgehead atoms. The second-order valence-electron chi connectivity index (χ2n) is 6.62. The van der Waals surface area contributed by atoms with E-state index in [0.717, 1.165) is 66.7 Å². The van der Waals surface area contributed by atoms with Crippen LogP contribution in [0.2, 0.25) is 0 Å². The Morgan fingerprint density at radius 2 is 2.04 bits per heavy atom. The summed E-state index contributed by atoms with van der Waals surface area (Å²) in [5.41, 5.74) is 9.63. The van der Waals surface area contributed by atoms with Crippen molar-refractivity contribution in [2.24, 2.45) is 0 Å². The van der Waals surface area contributed by atoms with E-state index in [0.29, 0.717) is 5.82 Å². The number of fused-ring (bicyclic) bond motifs is 3. The summed E-state index contributed by atoms with van der Waals surface area (Å²) in [5.74, 6) is 1.54. The van der Waals surface area contributed by atoms with Crippen LogP contribution < -0.4 is 5.73 Å². The molecule has 2 N–H and O–H groups in total. The quantitative estimate of drug-likeness (QED) is 0.632. The fraction of sp³-hybridized carbons (Fsp3) is 0.526. The van der Waals surface area contributed by atoms with Crippen LogP contribution in [0.1, 0.15) is 45.9 Å². The van der Waals surface area contributed by atoms with Crippen LogP contribution in [0.15, 0.2) is 18.3 Å². The number of hydrogen-bond donors (Lipinski definition) is 1. The number of rotatable bonds is 8. The lowest BCUT2D eigenvalue weighted by Gasteiger charge is -2.12. The molecule has 3 rings (SSSR count). The van der Waals surface area contributed by atoms with Gasteiger partial charge in [0.2, 0.25) is 0 Å². The molecule has 0 fully saturated rings. The van der Waals surface area contributed by atoms with E-state index in [2.05, 4.69) is 35.3 Å². The summed E-state index contributed by atoms with van der Waals surface area (Å²) in [7, 11) is 0. The summed E-state index contributed by atoms with van der Waals surface area (Å²) in [4.78, 5) is 13.8. The lowest BCUT2D eigenvalue weighted by molar-refractivity contribution is 0.0749. The van der Waals surface area contributed by atoms with Gasteiger partial charge in [-0.1, -0.05) is 13.3 Å². The highest BCUT2D eigenvalue weighted by atomic mass is 16.5. The molecule has 0 aromatic carbocycles. The molecule has 0 aliphatic carbocycles. The Morgan fingerprint density at radius 1 is 1.20 bits per heavy atom. The molecule has 0 aliphatic heterocycles. The first-order valence-electron chi connectivity index (χ1n) is 9.12. The fourth-order valence-electron chi connectivity index (χ4n) is 3.08. The van der Waals surface area contributed by atoms with Gasteiger partial charge in [0, 0.05) is 25.8 Å². The van der Waals surface area contributed by atoms with Gasteiger partial charge < -0.3 is 15.0 Å². The van der Waals surface area contributed by atoms with E-state index in [4.69, 9.17) is 15.5 Å². The second-order valence-corrected chi connectivity index (χ2v) is 6.62. The Labute approximate surface area is 148 Å². The van der Waals surface area contributed by atoms with Crippen molar-refractivity contribution in [2.75, 3.05) is 12.3 Å². The molecule has 0 radical (unpaired) electrons. The molecule has 0 saturated carbocycles. The van der Waals surface area contributed by atoms with Gasteiger partial charge >= 0.3 is 0 Å². The third-order valence-corrected chi connectivity index (χ3v) is 4.27. The summed E-state index contributed by atoms with van der Waals surface area (Å²) < 4.78 is 7.96. The number of anilines is 1. The third kappa shape index (κ3) is 3.74. The van der Waals surface area contributed by atoms with Crippen LogP contribution in [0.25, 0.3) is 22.1 Å². The van der Waals surface area contributed by atoms with E-state index in [9.17, 15) is 0 Å². The third-order valence-electron chi connectivity index (χ3n) is 4.27. The number of aryl methyl sites for hydroxylation is 2. The Kier molecular flexibility index (Phi) is 5.48. The molecule has 6 heteroatoms. The molecule has 0 amide bonds. The van der Waals surface area contributed by atoms with Crippen LogP contribution >= 0.6 is 0 Å². The molecule has 6 nitrogen and oxygen atoms in total. The summed E-state index contributed by atoms with van der Waals surface area (Å²) in [5, 5.41) is 0. The minimum absolute atomic E-state index is 0.251. The number of imidazole rings is 1. The monoisotopic (exact) mass is 341 g/mol. The van der Waals surface area contributed by atoms with Crippen LogP contribution in [0.4, 0.5) is 5.82 Å². The Bertz CT molecular complexity index is 856. The number of pyridine rings is 2. The molecular formula is C19H27N5O. The first-order valence-corrected chi connectivity index (χ1v) is 9.12. The molecule has 0 atom stereocenters. The van der Waals surface area contributed by atoms with Gasteiger partial charge in [0.15, 0.2) is 5.82 Å². The van der Waals surface area contributed by atoms with Crippen molar-refractivity contribution in [1.82, 2.24) is 19.5 Å². The maximum atomic E-state index is 6.19. The topological polar surface area (TPSA) is 78.9 Å². The molecule has 3 aromatic heterocycles. The largest absolute Gasteiger partial charge is 0.382 e. The Hall–Kier alpha value is -2.21. The average molecular weight is 341 g/mol. The van der Waals surface area contributed by atoms with E-state index < -0.39 is 0 Å². The number of nitrogen functional groups attached to an aromatic ring is 1. The maximum absolute atomic E-state index is 6.19. The molecule has 134 valence electrons. The van der Waals surface area contributed by atoms with Crippen molar-refractivity contribution in [3.63, 3.8) is 0 Å². The van der Waals surface area contributed by atoms with Crippen molar-refractivity contribution in [2.45, 2.75) is 59.1 Å². The highest BCUT2D eigenvalue weighted by Gasteiger charge is 2.17. The average Bonchev–Trinajstić information content (AvgIpc) is 2.96. The van der Waals surface area contributed by atoms with Crippen molar-refractivity contribution in [1.29, 1.82) is 0 Å². The molecule has 0 spiro atoms. The normalized spacial score (nSPS) is 11.8. The van der Waals surface area contributed by atoms with Crippen LogP contribution in [0, 0.1) is 0 Å². The lowest BCUT2D eigenvalue weighted by atomic mass is 10.2. The van der Waals surface area contributed by atoms with Crippen LogP contribution in [-0.4, -0.2) is 32.2 Å². The predicted molar refractivity (Wildman–Crippen MR) is 102 cm³/mol. The predicted octanol–water partition coefficient (Wildman–Crippen LogP) is 3.72. The number of nitrogens with zero attached hydrogens (tertiary/aromatic N) is 4. The van der Waals surface area contributed by atoms with Crippen molar-refractivity contribution >= 4 is 27.9 Å². The summed E-state index contributed by atoms with van der Waals surface area (Å²) in [6.07, 6.45) is 6.14. The van der Waals surface area contributed by atoms with E-state index in [-0.39, 0.29) is 6.10 Å². The number of nitrogens with two attached hydrogens (primary N) is 1. The van der Waals surface area contributed by atoms with Gasteiger partial charge in [-0.3, -0.25) is 4.98 Å². The molecule has 3 aromatic rings. The van der Waals surface area contributed by atoms with Crippen LogP contribution in [0.5, 0.6) is 0 Å². The van der Waals surface area contributed by atoms with E-state index >= 15 is 0 Å². The SMILES string of the molecule is CCCCc1nc2c(N)nc3cccnc3c2n1CCCOC(C)C. The van der Waals surface area contributed by atoms with E-state index in [1.807, 2.05) is 12.1 Å². The van der Waals surface area contributed by atoms with Crippen molar-refractivity contribution in [3.05, 3.63) is 24.2 Å². The van der Waals surface area contributed by atoms with Crippen LogP contribution in [0.3, 0.4) is 0 Å². The van der Waals surface area contributed by atoms with Gasteiger partial charge in [-0.05, 0) is 38.8 Å². The highest BCUT2D eigenvalue weighted by molar-refractivity contribution is 6.04. The summed E-state index contributed by atoms with van der Waals surface area (Å²) in [6, 6.07) is 3.83. The van der Waals surface area contributed by atoms with Gasteiger partial charge in [0.05, 0.1) is 11.6 Å². The Balaban J connectivity index is 2.05. The van der Waals surface area contributed by atoms with Gasteiger partial charge in [-0.15, -0.1) is 0 Å². The van der Waals surface area contributed by atoms with E-state index in [1.54, 1.807) is 6.20 Å². The van der Waals surface area contributed by atoms with Gasteiger partial charge in [0.25, 0.3) is 0 Å². The van der Waals surface area contributed by atoms with Gasteiger partial charge in [-0.2, -0.15) is 0 Å². The first-order chi connectivity index (χ1) is 12.1. The molecule has 0 aliphatic rings. The molecule has 0 saturated heterocycles. The molecule has 3 heterocycles. The number of unbranched alkanes of at least 4 members (excludes halogenated alkanes) is 1. The van der Waals surface area contributed by atoms with Crippen molar-refractivity contribution < 1.29 is 4.74 Å². The standard InChI is InChI=1S/C19H27N5O/c1-4-5-9-15-23-17-18(24(15)11-7-12-25-13(2)3)16-14(22-19(17)20)8-6-10-21-16/h6,8,10,13H,4-5,7,9,11-12H2,1-3H3,(H2,20,22). The smallest absolute Gasteiger partial charge is 0.152 e. The molecule has 0 unspecified atom stereocenters. The minimum Gasteiger partial charge on any atom is -0.382 e. The lowest BCUT2D eigenvalue weighted by Crippen LogP contribution is -2.10. The number of ether oxygens (including phenoxy) is 1. The minimum atomic E-state index is 0.251. The fourth-order valence-corrected chi connectivity index (χ4v) is 3.08. The summed E-state index contributed by atoms with van der Waals surface area (Å²) >= 11 is 0. The van der Waals surface area contributed by atoms with E-state index in [1.165, 1.54) is 0 Å². The zero-order chi connectivity index (χ0) is 17.8. The molecular weight excluding hydrogens is 314 g/mol. The maximum Gasteiger partial charge on any atom is 0.152 e. The molecule has 25 heavy (non-hydrogen) atoms. The number of aromatic nitrogens is 4. The van der Waals surface area contributed by atoms with Gasteiger partial charge in [0.1, 0.15) is 22.4 Å². The number of hydrogen-bond acceptors (Lipinski definition) is 5.